The van der Waals surface area contributed by atoms with Gasteiger partial charge in [-0.3, -0.25) is 4.79 Å². The molecule has 1 aliphatic heterocycles. The lowest BCUT2D eigenvalue weighted by Gasteiger charge is -2.32. The number of amides is 1. The molecule has 0 bridgehead atoms. The number of ether oxygens (including phenoxy) is 1. The molecule has 0 radical (unpaired) electrons. The Morgan fingerprint density at radius 3 is 2.58 bits per heavy atom. The molecule has 1 amide bonds. The molecule has 0 saturated carbocycles. The van der Waals surface area contributed by atoms with Crippen molar-refractivity contribution in [2.75, 3.05) is 33.3 Å². The van der Waals surface area contributed by atoms with E-state index in [9.17, 15) is 22.0 Å². The van der Waals surface area contributed by atoms with Gasteiger partial charge in [0.2, 0.25) is 15.9 Å². The van der Waals surface area contributed by atoms with Gasteiger partial charge in [0.25, 0.3) is 0 Å². The van der Waals surface area contributed by atoms with Crippen molar-refractivity contribution in [2.24, 2.45) is 5.92 Å². The summed E-state index contributed by atoms with van der Waals surface area (Å²) in [6, 6.07) is 9.29. The lowest BCUT2D eigenvalue weighted by molar-refractivity contribution is -0.135. The standard InChI is InChI=1S/C21H23ClF2N2O4S/c1-25(11-12-30-18-4-2-3-16(22)13-18)21(27)15-7-9-26(10-8-15)31(28,29)20-14-17(23)5-6-19(20)24/h2-6,13-15H,7-12H2,1H3. The topological polar surface area (TPSA) is 66.9 Å². The van der Waals surface area contributed by atoms with Crippen LogP contribution < -0.4 is 4.74 Å². The summed E-state index contributed by atoms with van der Waals surface area (Å²) >= 11 is 5.91. The van der Waals surface area contributed by atoms with Crippen molar-refractivity contribution < 1.29 is 26.7 Å². The second-order valence-electron chi connectivity index (χ2n) is 7.32. The molecule has 0 unspecified atom stereocenters. The second-order valence-corrected chi connectivity index (χ2v) is 9.66. The highest BCUT2D eigenvalue weighted by Gasteiger charge is 2.34. The van der Waals surface area contributed by atoms with Crippen LogP contribution in [0.25, 0.3) is 0 Å². The molecule has 1 aliphatic rings. The SMILES string of the molecule is CN(CCOc1cccc(Cl)c1)C(=O)C1CCN(S(=O)(=O)c2cc(F)ccc2F)CC1. The number of halogens is 3. The van der Waals surface area contributed by atoms with Crippen LogP contribution in [-0.4, -0.2) is 56.8 Å². The van der Waals surface area contributed by atoms with Crippen LogP contribution >= 0.6 is 11.6 Å². The number of rotatable bonds is 7. The van der Waals surface area contributed by atoms with Crippen LogP contribution in [0.5, 0.6) is 5.75 Å². The van der Waals surface area contributed by atoms with E-state index in [-0.39, 0.29) is 31.5 Å². The number of likely N-dealkylation sites (N-methyl/N-ethyl adjacent to an activating group) is 1. The van der Waals surface area contributed by atoms with Gasteiger partial charge in [0.1, 0.15) is 28.9 Å². The molecule has 1 saturated heterocycles. The number of benzene rings is 2. The third kappa shape index (κ3) is 5.72. The second kappa shape index (κ2) is 9.93. The summed E-state index contributed by atoms with van der Waals surface area (Å²) in [5, 5.41) is 0.557. The Morgan fingerprint density at radius 1 is 1.19 bits per heavy atom. The van der Waals surface area contributed by atoms with E-state index >= 15 is 0 Å². The molecule has 0 atom stereocenters. The average Bonchev–Trinajstić information content (AvgIpc) is 2.75. The number of sulfonamides is 1. The minimum atomic E-state index is -4.17. The summed E-state index contributed by atoms with van der Waals surface area (Å²) in [6.07, 6.45) is 0.600. The molecule has 1 fully saturated rings. The summed E-state index contributed by atoms with van der Waals surface area (Å²) in [5.74, 6) is -1.68. The molecule has 2 aromatic carbocycles. The molecule has 2 aromatic rings. The van der Waals surface area contributed by atoms with Gasteiger partial charge < -0.3 is 9.64 Å². The first kappa shape index (κ1) is 23.4. The van der Waals surface area contributed by atoms with E-state index in [0.717, 1.165) is 16.4 Å². The Morgan fingerprint density at radius 2 is 1.90 bits per heavy atom. The Labute approximate surface area is 185 Å². The van der Waals surface area contributed by atoms with E-state index in [1.54, 1.807) is 36.2 Å². The van der Waals surface area contributed by atoms with Gasteiger partial charge in [0.05, 0.1) is 6.54 Å². The largest absolute Gasteiger partial charge is 0.492 e. The van der Waals surface area contributed by atoms with Gasteiger partial charge in [-0.25, -0.2) is 17.2 Å². The average molecular weight is 473 g/mol. The molecular weight excluding hydrogens is 450 g/mol. The highest BCUT2D eigenvalue weighted by atomic mass is 35.5. The fraction of sp³-hybridized carbons (Fsp3) is 0.381. The summed E-state index contributed by atoms with van der Waals surface area (Å²) in [7, 11) is -2.51. The summed E-state index contributed by atoms with van der Waals surface area (Å²) in [4.78, 5) is 13.6. The molecule has 3 rings (SSSR count). The number of hydrogen-bond acceptors (Lipinski definition) is 4. The van der Waals surface area contributed by atoms with Crippen LogP contribution in [0.4, 0.5) is 8.78 Å². The summed E-state index contributed by atoms with van der Waals surface area (Å²) < 4.78 is 59.4. The maximum atomic E-state index is 13.9. The van der Waals surface area contributed by atoms with Crippen LogP contribution in [0.1, 0.15) is 12.8 Å². The Kier molecular flexibility index (Phi) is 7.51. The van der Waals surface area contributed by atoms with Crippen molar-refractivity contribution in [1.29, 1.82) is 0 Å². The normalized spacial score (nSPS) is 15.6. The number of carbonyl (C=O) groups is 1. The zero-order chi connectivity index (χ0) is 22.6. The van der Waals surface area contributed by atoms with E-state index in [2.05, 4.69) is 0 Å². The molecule has 0 aromatic heterocycles. The zero-order valence-electron chi connectivity index (χ0n) is 16.9. The Hall–Kier alpha value is -2.23. The van der Waals surface area contributed by atoms with E-state index in [4.69, 9.17) is 16.3 Å². The third-order valence-electron chi connectivity index (χ3n) is 5.18. The van der Waals surface area contributed by atoms with Gasteiger partial charge in [-0.05, 0) is 49.2 Å². The molecule has 6 nitrogen and oxygen atoms in total. The summed E-state index contributed by atoms with van der Waals surface area (Å²) in [6.45, 7) is 0.760. The fourth-order valence-corrected chi connectivity index (χ4v) is 5.16. The van der Waals surface area contributed by atoms with E-state index in [1.807, 2.05) is 0 Å². The smallest absolute Gasteiger partial charge is 0.246 e. The first-order chi connectivity index (χ1) is 14.7. The van der Waals surface area contributed by atoms with Crippen molar-refractivity contribution in [3.63, 3.8) is 0 Å². The van der Waals surface area contributed by atoms with Crippen LogP contribution in [0.2, 0.25) is 5.02 Å². The van der Waals surface area contributed by atoms with E-state index in [1.165, 1.54) is 0 Å². The van der Waals surface area contributed by atoms with Gasteiger partial charge in [0.15, 0.2) is 0 Å². The molecule has 1 heterocycles. The molecule has 0 aliphatic carbocycles. The predicted molar refractivity (Wildman–Crippen MR) is 112 cm³/mol. The fourth-order valence-electron chi connectivity index (χ4n) is 3.44. The van der Waals surface area contributed by atoms with Crippen LogP contribution in [0.15, 0.2) is 47.4 Å². The monoisotopic (exact) mass is 472 g/mol. The maximum absolute atomic E-state index is 13.9. The van der Waals surface area contributed by atoms with Crippen molar-refractivity contribution in [2.45, 2.75) is 17.7 Å². The lowest BCUT2D eigenvalue weighted by Crippen LogP contribution is -2.44. The van der Waals surface area contributed by atoms with E-state index in [0.29, 0.717) is 36.2 Å². The van der Waals surface area contributed by atoms with Gasteiger partial charge in [-0.2, -0.15) is 4.31 Å². The van der Waals surface area contributed by atoms with Gasteiger partial charge in [0, 0.05) is 31.1 Å². The quantitative estimate of drug-likeness (QED) is 0.618. The van der Waals surface area contributed by atoms with Gasteiger partial charge >= 0.3 is 0 Å². The highest BCUT2D eigenvalue weighted by molar-refractivity contribution is 7.89. The molecule has 0 N–H and O–H groups in total. The van der Waals surface area contributed by atoms with Gasteiger partial charge in [-0.1, -0.05) is 17.7 Å². The molecule has 10 heteroatoms. The minimum absolute atomic E-state index is 0.0571. The maximum Gasteiger partial charge on any atom is 0.246 e. The lowest BCUT2D eigenvalue weighted by atomic mass is 9.97. The van der Waals surface area contributed by atoms with Crippen LogP contribution in [0, 0.1) is 17.6 Å². The Bertz CT molecular complexity index is 1040. The van der Waals surface area contributed by atoms with Crippen molar-refractivity contribution in [3.8, 4) is 5.75 Å². The summed E-state index contributed by atoms with van der Waals surface area (Å²) in [5.41, 5.74) is 0. The number of piperidine rings is 1. The van der Waals surface area contributed by atoms with Crippen LogP contribution in [-0.2, 0) is 14.8 Å². The predicted octanol–water partition coefficient (Wildman–Crippen LogP) is 3.56. The number of hydrogen-bond donors (Lipinski definition) is 0. The van der Waals surface area contributed by atoms with Crippen molar-refractivity contribution in [1.82, 2.24) is 9.21 Å². The van der Waals surface area contributed by atoms with Crippen molar-refractivity contribution in [3.05, 3.63) is 59.1 Å². The number of carbonyl (C=O) groups excluding carboxylic acids is 1. The first-order valence-corrected chi connectivity index (χ1v) is 11.6. The highest BCUT2D eigenvalue weighted by Crippen LogP contribution is 2.27. The third-order valence-corrected chi connectivity index (χ3v) is 7.33. The van der Waals surface area contributed by atoms with Gasteiger partial charge in [-0.15, -0.1) is 0 Å². The number of nitrogens with zero attached hydrogens (tertiary/aromatic N) is 2. The molecule has 0 spiro atoms. The zero-order valence-corrected chi connectivity index (χ0v) is 18.5. The van der Waals surface area contributed by atoms with Crippen LogP contribution in [0.3, 0.4) is 0 Å². The molecule has 168 valence electrons. The molecular formula is C21H23ClF2N2O4S. The first-order valence-electron chi connectivity index (χ1n) is 9.77. The van der Waals surface area contributed by atoms with Crippen molar-refractivity contribution >= 4 is 27.5 Å². The molecule has 31 heavy (non-hydrogen) atoms. The van der Waals surface area contributed by atoms with E-state index < -0.39 is 26.6 Å². The Balaban J connectivity index is 1.52. The minimum Gasteiger partial charge on any atom is -0.492 e.